The van der Waals surface area contributed by atoms with Crippen molar-refractivity contribution in [2.24, 2.45) is 0 Å². The van der Waals surface area contributed by atoms with Crippen molar-refractivity contribution < 1.29 is 8.42 Å². The highest BCUT2D eigenvalue weighted by atomic mass is 35.5. The SMILES string of the molecule is CCc1nsc(NCCNS(=O)(=O)c2cccc(Cl)c2)n1. The molecule has 0 saturated heterocycles. The van der Waals surface area contributed by atoms with Gasteiger partial charge in [-0.1, -0.05) is 24.6 Å². The van der Waals surface area contributed by atoms with Gasteiger partial charge in [-0.15, -0.1) is 0 Å². The normalized spacial score (nSPS) is 11.5. The highest BCUT2D eigenvalue weighted by molar-refractivity contribution is 7.89. The van der Waals surface area contributed by atoms with Crippen LogP contribution in [0.25, 0.3) is 0 Å². The van der Waals surface area contributed by atoms with Gasteiger partial charge in [-0.2, -0.15) is 4.37 Å². The Morgan fingerprint density at radius 2 is 2.14 bits per heavy atom. The van der Waals surface area contributed by atoms with Crippen molar-refractivity contribution >= 4 is 38.3 Å². The summed E-state index contributed by atoms with van der Waals surface area (Å²) in [6.45, 7) is 2.65. The number of nitrogens with zero attached hydrogens (tertiary/aromatic N) is 2. The van der Waals surface area contributed by atoms with Gasteiger partial charge in [-0.05, 0) is 18.2 Å². The van der Waals surface area contributed by atoms with E-state index in [2.05, 4.69) is 19.4 Å². The predicted molar refractivity (Wildman–Crippen MR) is 84.4 cm³/mol. The summed E-state index contributed by atoms with van der Waals surface area (Å²) in [6, 6.07) is 6.14. The first-order valence-corrected chi connectivity index (χ1v) is 8.96. The van der Waals surface area contributed by atoms with Crippen LogP contribution in [-0.2, 0) is 16.4 Å². The van der Waals surface area contributed by atoms with Crippen molar-refractivity contribution in [3.63, 3.8) is 0 Å². The number of rotatable bonds is 7. The van der Waals surface area contributed by atoms with Crippen LogP contribution in [0, 0.1) is 0 Å². The van der Waals surface area contributed by atoms with Crippen LogP contribution in [0.5, 0.6) is 0 Å². The molecule has 6 nitrogen and oxygen atoms in total. The van der Waals surface area contributed by atoms with E-state index in [-0.39, 0.29) is 11.4 Å². The number of hydrogen-bond acceptors (Lipinski definition) is 6. The van der Waals surface area contributed by atoms with Gasteiger partial charge in [0.15, 0.2) is 0 Å². The third kappa shape index (κ3) is 4.63. The molecule has 2 N–H and O–H groups in total. The van der Waals surface area contributed by atoms with E-state index >= 15 is 0 Å². The minimum absolute atomic E-state index is 0.152. The number of aryl methyl sites for hydroxylation is 1. The molecule has 0 saturated carbocycles. The largest absolute Gasteiger partial charge is 0.359 e. The van der Waals surface area contributed by atoms with Crippen LogP contribution in [0.4, 0.5) is 5.13 Å². The molecule has 1 aromatic heterocycles. The molecule has 1 aromatic carbocycles. The van der Waals surface area contributed by atoms with Gasteiger partial charge in [0.05, 0.1) is 4.90 Å². The summed E-state index contributed by atoms with van der Waals surface area (Å²) in [7, 11) is -3.54. The number of nitrogens with one attached hydrogen (secondary N) is 2. The molecule has 2 aromatic rings. The molecule has 21 heavy (non-hydrogen) atoms. The number of aromatic nitrogens is 2. The fourth-order valence-corrected chi connectivity index (χ4v) is 3.55. The van der Waals surface area contributed by atoms with Crippen LogP contribution in [0.3, 0.4) is 0 Å². The Balaban J connectivity index is 1.85. The smallest absolute Gasteiger partial charge is 0.240 e. The summed E-state index contributed by atoms with van der Waals surface area (Å²) >= 11 is 7.05. The van der Waals surface area contributed by atoms with E-state index in [1.807, 2.05) is 6.92 Å². The zero-order valence-corrected chi connectivity index (χ0v) is 13.7. The number of anilines is 1. The summed E-state index contributed by atoms with van der Waals surface area (Å²) in [5.41, 5.74) is 0. The molecule has 0 aliphatic rings. The van der Waals surface area contributed by atoms with Gasteiger partial charge in [0.1, 0.15) is 5.82 Å². The van der Waals surface area contributed by atoms with Crippen molar-refractivity contribution in [2.75, 3.05) is 18.4 Å². The van der Waals surface area contributed by atoms with Crippen LogP contribution in [0.15, 0.2) is 29.2 Å². The van der Waals surface area contributed by atoms with Crippen molar-refractivity contribution in [3.05, 3.63) is 35.1 Å². The van der Waals surface area contributed by atoms with E-state index in [0.29, 0.717) is 16.7 Å². The van der Waals surface area contributed by atoms with Crippen molar-refractivity contribution in [3.8, 4) is 0 Å². The van der Waals surface area contributed by atoms with Crippen LogP contribution in [-0.4, -0.2) is 30.9 Å². The van der Waals surface area contributed by atoms with E-state index in [1.54, 1.807) is 12.1 Å². The summed E-state index contributed by atoms with van der Waals surface area (Å²) in [6.07, 6.45) is 0.777. The number of sulfonamides is 1. The molecular formula is C12H15ClN4O2S2. The van der Waals surface area contributed by atoms with E-state index in [0.717, 1.165) is 12.2 Å². The van der Waals surface area contributed by atoms with Gasteiger partial charge >= 0.3 is 0 Å². The first kappa shape index (κ1) is 16.2. The molecule has 0 aliphatic heterocycles. The van der Waals surface area contributed by atoms with Gasteiger partial charge < -0.3 is 5.32 Å². The lowest BCUT2D eigenvalue weighted by Gasteiger charge is -2.07. The molecular weight excluding hydrogens is 332 g/mol. The maximum Gasteiger partial charge on any atom is 0.240 e. The number of halogens is 1. The minimum atomic E-state index is -3.54. The Kier molecular flexibility index (Phi) is 5.51. The lowest BCUT2D eigenvalue weighted by molar-refractivity contribution is 0.583. The van der Waals surface area contributed by atoms with Crippen LogP contribution < -0.4 is 10.0 Å². The topological polar surface area (TPSA) is 84.0 Å². The van der Waals surface area contributed by atoms with Crippen LogP contribution in [0.1, 0.15) is 12.7 Å². The van der Waals surface area contributed by atoms with Gasteiger partial charge in [-0.3, -0.25) is 0 Å². The Labute approximate surface area is 132 Å². The average molecular weight is 347 g/mol. The van der Waals surface area contributed by atoms with E-state index in [4.69, 9.17) is 11.6 Å². The first-order chi connectivity index (χ1) is 10.0. The molecule has 0 fully saturated rings. The van der Waals surface area contributed by atoms with E-state index in [9.17, 15) is 8.42 Å². The highest BCUT2D eigenvalue weighted by Crippen LogP contribution is 2.15. The predicted octanol–water partition coefficient (Wildman–Crippen LogP) is 2.14. The number of benzene rings is 1. The maximum absolute atomic E-state index is 12.0. The lowest BCUT2D eigenvalue weighted by atomic mass is 10.4. The van der Waals surface area contributed by atoms with Crippen molar-refractivity contribution in [1.82, 2.24) is 14.1 Å². The van der Waals surface area contributed by atoms with Crippen molar-refractivity contribution in [2.45, 2.75) is 18.2 Å². The first-order valence-electron chi connectivity index (χ1n) is 6.33. The molecule has 0 aliphatic carbocycles. The summed E-state index contributed by atoms with van der Waals surface area (Å²) in [4.78, 5) is 4.39. The third-order valence-electron chi connectivity index (χ3n) is 2.58. The Bertz CT molecular complexity index is 703. The summed E-state index contributed by atoms with van der Waals surface area (Å²) < 4.78 is 30.7. The molecule has 0 bridgehead atoms. The fourth-order valence-electron chi connectivity index (χ4n) is 1.54. The van der Waals surface area contributed by atoms with Crippen LogP contribution >= 0.6 is 23.1 Å². The van der Waals surface area contributed by atoms with Gasteiger partial charge in [0, 0.05) is 36.1 Å². The quantitative estimate of drug-likeness (QED) is 0.750. The molecule has 1 heterocycles. The standard InChI is InChI=1S/C12H15ClN4O2S2/c1-2-11-16-12(20-17-11)14-6-7-15-21(18,19)10-5-3-4-9(13)8-10/h3-5,8,15H,2,6-7H2,1H3,(H,14,16,17). The monoisotopic (exact) mass is 346 g/mol. The molecule has 114 valence electrons. The summed E-state index contributed by atoms with van der Waals surface area (Å²) in [5.74, 6) is 0.780. The second-order valence-corrected chi connectivity index (χ2v) is 7.11. The third-order valence-corrected chi connectivity index (χ3v) is 4.99. The Morgan fingerprint density at radius 1 is 1.33 bits per heavy atom. The molecule has 9 heteroatoms. The molecule has 2 rings (SSSR count). The Morgan fingerprint density at radius 3 is 2.81 bits per heavy atom. The minimum Gasteiger partial charge on any atom is -0.359 e. The zero-order valence-electron chi connectivity index (χ0n) is 11.3. The lowest BCUT2D eigenvalue weighted by Crippen LogP contribution is -2.28. The van der Waals surface area contributed by atoms with Gasteiger partial charge in [0.25, 0.3) is 0 Å². The maximum atomic E-state index is 12.0. The summed E-state index contributed by atoms with van der Waals surface area (Å²) in [5, 5.41) is 4.10. The van der Waals surface area contributed by atoms with E-state index in [1.165, 1.54) is 23.7 Å². The van der Waals surface area contributed by atoms with Crippen LogP contribution in [0.2, 0.25) is 5.02 Å². The van der Waals surface area contributed by atoms with Crippen molar-refractivity contribution in [1.29, 1.82) is 0 Å². The zero-order chi connectivity index (χ0) is 15.3. The molecule has 0 radical (unpaired) electrons. The number of hydrogen-bond donors (Lipinski definition) is 2. The second-order valence-electron chi connectivity index (χ2n) is 4.15. The van der Waals surface area contributed by atoms with Gasteiger partial charge in [-0.25, -0.2) is 18.1 Å². The second kappa shape index (κ2) is 7.17. The highest BCUT2D eigenvalue weighted by Gasteiger charge is 2.13. The van der Waals surface area contributed by atoms with Gasteiger partial charge in [0.2, 0.25) is 15.2 Å². The molecule has 0 spiro atoms. The van der Waals surface area contributed by atoms with E-state index < -0.39 is 10.0 Å². The average Bonchev–Trinajstić information content (AvgIpc) is 2.92. The molecule has 0 unspecified atom stereocenters. The molecule has 0 amide bonds. The fraction of sp³-hybridized carbons (Fsp3) is 0.333. The molecule has 0 atom stereocenters. The Hall–Kier alpha value is -1.22.